The smallest absolute Gasteiger partial charge is 0.112 e. The van der Waals surface area contributed by atoms with Crippen molar-refractivity contribution < 1.29 is 0 Å². The van der Waals surface area contributed by atoms with E-state index in [9.17, 15) is 0 Å². The lowest BCUT2D eigenvalue weighted by atomic mass is 9.96. The molecule has 0 aliphatic rings. The maximum absolute atomic E-state index is 4.53. The Morgan fingerprint density at radius 2 is 0.897 bits per heavy atom. The summed E-state index contributed by atoms with van der Waals surface area (Å²) in [5, 5.41) is 0. The molecule has 1 aromatic carbocycles. The number of nitrogens with zero attached hydrogens (tertiary/aromatic N) is 2. The zero-order valence-electron chi connectivity index (χ0n) is 23.4. The molecule has 0 fully saturated rings. The molecule has 0 saturated heterocycles. The Balaban J connectivity index is -0.0000000555. The minimum Gasteiger partial charge on any atom is -0.348 e. The number of rotatable bonds is 0. The molecule has 0 aliphatic heterocycles. The van der Waals surface area contributed by atoms with E-state index in [2.05, 4.69) is 123 Å². The number of H-pyrrole nitrogens is 2. The topological polar surface area (TPSA) is 57.4 Å². The lowest BCUT2D eigenvalue weighted by Gasteiger charge is -2.13. The fourth-order valence-electron chi connectivity index (χ4n) is 1.98. The quantitative estimate of drug-likeness (QED) is 0.290. The van der Waals surface area contributed by atoms with Crippen molar-refractivity contribution in [3.63, 3.8) is 0 Å². The Bertz CT molecular complexity index is 819. The van der Waals surface area contributed by atoms with E-state index in [1.165, 1.54) is 0 Å². The number of aromatic amines is 2. The molecule has 0 unspecified atom stereocenters. The minimum atomic E-state index is 0. The summed E-state index contributed by atoms with van der Waals surface area (Å²) >= 11 is 0. The van der Waals surface area contributed by atoms with Gasteiger partial charge in [0.05, 0.1) is 11.0 Å². The number of fused-ring (bicyclic) bond motifs is 1. The SMILES string of the molecule is C.C.C.C.C.C.C.CC(C)(C)C.CC(C)(C)C.CC(C)(C)c1nc2ccccc2[nH]1.CC(C)(C)c1ncc[nH]1. The lowest BCUT2D eigenvalue weighted by molar-refractivity contribution is 0.469. The van der Waals surface area contributed by atoms with Crippen LogP contribution in [-0.4, -0.2) is 19.9 Å². The predicted molar refractivity (Wildman–Crippen MR) is 189 cm³/mol. The van der Waals surface area contributed by atoms with Gasteiger partial charge in [-0.1, -0.05) is 161 Å². The highest BCUT2D eigenvalue weighted by molar-refractivity contribution is 5.74. The first-order valence-corrected chi connectivity index (χ1v) is 11.6. The van der Waals surface area contributed by atoms with Gasteiger partial charge >= 0.3 is 0 Å². The molecule has 3 aromatic rings. The molecule has 4 heteroatoms. The third kappa shape index (κ3) is 32.0. The number of nitrogens with one attached hydrogen (secondary N) is 2. The van der Waals surface area contributed by atoms with Crippen LogP contribution in [0.4, 0.5) is 0 Å². The van der Waals surface area contributed by atoms with Gasteiger partial charge in [-0.2, -0.15) is 0 Å². The number of imidazole rings is 2. The van der Waals surface area contributed by atoms with Gasteiger partial charge in [0, 0.05) is 23.2 Å². The Kier molecular flexibility index (Phi) is 33.1. The van der Waals surface area contributed by atoms with Gasteiger partial charge < -0.3 is 9.97 Å². The van der Waals surface area contributed by atoms with Crippen LogP contribution in [0.2, 0.25) is 0 Å². The van der Waals surface area contributed by atoms with E-state index in [0.29, 0.717) is 10.8 Å². The van der Waals surface area contributed by atoms with Crippen LogP contribution >= 0.6 is 0 Å². The molecule has 0 amide bonds. The molecule has 4 nitrogen and oxygen atoms in total. The first-order chi connectivity index (χ1) is 14.2. The maximum Gasteiger partial charge on any atom is 0.112 e. The third-order valence-electron chi connectivity index (χ3n) is 3.31. The van der Waals surface area contributed by atoms with E-state index < -0.39 is 0 Å². The van der Waals surface area contributed by atoms with Crippen LogP contribution in [0.15, 0.2) is 36.7 Å². The molecule has 0 atom stereocenters. The van der Waals surface area contributed by atoms with Crippen LogP contribution in [0.1, 0.15) is 161 Å². The van der Waals surface area contributed by atoms with Crippen LogP contribution in [0.5, 0.6) is 0 Å². The maximum atomic E-state index is 4.53. The molecule has 0 bridgehead atoms. The van der Waals surface area contributed by atoms with E-state index >= 15 is 0 Å². The number of hydrogen-bond acceptors (Lipinski definition) is 2. The zero-order valence-corrected chi connectivity index (χ0v) is 23.4. The Morgan fingerprint density at radius 1 is 0.538 bits per heavy atom. The minimum absolute atomic E-state index is 0. The van der Waals surface area contributed by atoms with Crippen molar-refractivity contribution in [1.29, 1.82) is 0 Å². The fourth-order valence-corrected chi connectivity index (χ4v) is 1.98. The van der Waals surface area contributed by atoms with Gasteiger partial charge in [0.1, 0.15) is 11.6 Å². The van der Waals surface area contributed by atoms with Crippen molar-refractivity contribution in [2.24, 2.45) is 10.8 Å². The first kappa shape index (κ1) is 56.9. The Morgan fingerprint density at radius 3 is 1.15 bits per heavy atom. The molecule has 2 aromatic heterocycles. The highest BCUT2D eigenvalue weighted by Gasteiger charge is 2.17. The van der Waals surface area contributed by atoms with Gasteiger partial charge in [0.25, 0.3) is 0 Å². The van der Waals surface area contributed by atoms with Crippen molar-refractivity contribution in [3.8, 4) is 0 Å². The lowest BCUT2D eigenvalue weighted by Crippen LogP contribution is -2.12. The molecule has 39 heavy (non-hydrogen) atoms. The number of aromatic nitrogens is 4. The largest absolute Gasteiger partial charge is 0.348 e. The number of hydrogen-bond donors (Lipinski definition) is 2. The van der Waals surface area contributed by atoms with Gasteiger partial charge in [-0.3, -0.25) is 0 Å². The van der Waals surface area contributed by atoms with E-state index in [4.69, 9.17) is 0 Å². The van der Waals surface area contributed by atoms with Crippen molar-refractivity contribution in [2.45, 2.75) is 160 Å². The van der Waals surface area contributed by atoms with E-state index in [1.807, 2.05) is 24.4 Å². The van der Waals surface area contributed by atoms with Crippen LogP contribution in [0.3, 0.4) is 0 Å². The van der Waals surface area contributed by atoms with Gasteiger partial charge in [0.15, 0.2) is 0 Å². The molecule has 238 valence electrons. The van der Waals surface area contributed by atoms with Crippen molar-refractivity contribution >= 4 is 11.0 Å². The van der Waals surface area contributed by atoms with Gasteiger partial charge in [-0.05, 0) is 23.0 Å². The van der Waals surface area contributed by atoms with Gasteiger partial charge in [-0.15, -0.1) is 0 Å². The third-order valence-corrected chi connectivity index (χ3v) is 3.31. The first-order valence-electron chi connectivity index (χ1n) is 11.6. The molecule has 2 heterocycles. The summed E-state index contributed by atoms with van der Waals surface area (Å²) in [6, 6.07) is 8.11. The summed E-state index contributed by atoms with van der Waals surface area (Å²) < 4.78 is 0. The van der Waals surface area contributed by atoms with E-state index in [-0.39, 0.29) is 62.8 Å². The van der Waals surface area contributed by atoms with Crippen LogP contribution in [-0.2, 0) is 10.8 Å². The average Bonchev–Trinajstić information content (AvgIpc) is 3.21. The summed E-state index contributed by atoms with van der Waals surface area (Å²) in [7, 11) is 0. The summed E-state index contributed by atoms with van der Waals surface area (Å²) in [4.78, 5) is 15.1. The highest BCUT2D eigenvalue weighted by Crippen LogP contribution is 2.21. The fraction of sp³-hybridized carbons (Fsp3) is 0.714. The molecular weight excluding hydrogens is 476 g/mol. The second kappa shape index (κ2) is 22.7. The Labute approximate surface area is 249 Å². The van der Waals surface area contributed by atoms with Crippen LogP contribution in [0.25, 0.3) is 11.0 Å². The summed E-state index contributed by atoms with van der Waals surface area (Å²) in [5.41, 5.74) is 3.42. The normalized spacial score (nSPS) is 9.90. The van der Waals surface area contributed by atoms with Crippen molar-refractivity contribution in [3.05, 3.63) is 48.3 Å². The molecule has 0 saturated carbocycles. The van der Waals surface area contributed by atoms with Crippen molar-refractivity contribution in [2.75, 3.05) is 0 Å². The van der Waals surface area contributed by atoms with Crippen LogP contribution in [0, 0.1) is 10.8 Å². The molecule has 3 rings (SSSR count). The average molecular weight is 555 g/mol. The molecule has 2 N–H and O–H groups in total. The zero-order chi connectivity index (χ0) is 25.4. The number of para-hydroxylation sites is 2. The molecular formula is C35H78N4. The molecule has 0 spiro atoms. The second-order valence-electron chi connectivity index (χ2n) is 13.5. The molecule has 0 radical (unpaired) electrons. The summed E-state index contributed by atoms with van der Waals surface area (Å²) in [6.07, 6.45) is 3.63. The highest BCUT2D eigenvalue weighted by atomic mass is 14.9. The second-order valence-corrected chi connectivity index (χ2v) is 13.5. The summed E-state index contributed by atoms with van der Waals surface area (Å²) in [6.45, 7) is 30.4. The standard InChI is InChI=1S/C11H14N2.C7H12N2.2C5H12.7CH4/c1-11(2,3)10-12-8-6-4-5-7-9(8)13-10;1-7(2,3)6-8-4-5-9-6;2*1-5(2,3)4;;;;;;;/h4-7H,1-3H3,(H,12,13);4-5H,1-3H3,(H,8,9);2*1-4H3;7*1H4. The number of benzene rings is 1. The Hall–Kier alpha value is -2.10. The monoisotopic (exact) mass is 555 g/mol. The van der Waals surface area contributed by atoms with Gasteiger partial charge in [-0.25, -0.2) is 9.97 Å². The van der Waals surface area contributed by atoms with Gasteiger partial charge in [0.2, 0.25) is 0 Å². The van der Waals surface area contributed by atoms with Crippen LogP contribution < -0.4 is 0 Å². The van der Waals surface area contributed by atoms with Crippen molar-refractivity contribution in [1.82, 2.24) is 19.9 Å². The summed E-state index contributed by atoms with van der Waals surface area (Å²) in [5.74, 6) is 2.09. The van der Waals surface area contributed by atoms with E-state index in [0.717, 1.165) is 22.7 Å². The van der Waals surface area contributed by atoms with E-state index in [1.54, 1.807) is 6.20 Å². The predicted octanol–water partition coefficient (Wildman–Crippen LogP) is 13.1. The molecule has 0 aliphatic carbocycles.